The Morgan fingerprint density at radius 2 is 0.742 bits per heavy atom. The van der Waals surface area contributed by atoms with Gasteiger partial charge < -0.3 is 9.80 Å². The second-order valence-corrected chi connectivity index (χ2v) is 20.3. The van der Waals surface area contributed by atoms with Crippen molar-refractivity contribution in [3.05, 3.63) is 165 Å². The summed E-state index contributed by atoms with van der Waals surface area (Å²) in [6, 6.07) is 41.5. The van der Waals surface area contributed by atoms with E-state index in [1.54, 1.807) is 0 Å². The highest BCUT2D eigenvalue weighted by Gasteiger charge is 2.51. The first-order chi connectivity index (χ1) is 29.1. The third-order valence-corrected chi connectivity index (χ3v) is 13.2. The number of hydrogen-bond acceptors (Lipinski definition) is 2. The Bertz CT molecular complexity index is 2740. The summed E-state index contributed by atoms with van der Waals surface area (Å²) in [6.45, 7) is 35.7. The normalized spacial score (nSPS) is 13.8. The molecule has 0 fully saturated rings. The maximum Gasteiger partial charge on any atom is 0.126 e. The van der Waals surface area contributed by atoms with E-state index in [9.17, 15) is 0 Å². The summed E-state index contributed by atoms with van der Waals surface area (Å²) in [7, 11) is 0. The maximum absolute atomic E-state index is 3.79. The average molecular weight is 815 g/mol. The van der Waals surface area contributed by atoms with Crippen molar-refractivity contribution in [3.63, 3.8) is 0 Å². The molecule has 0 aromatic heterocycles. The predicted molar refractivity (Wildman–Crippen MR) is 269 cm³/mol. The molecule has 62 heavy (non-hydrogen) atoms. The van der Waals surface area contributed by atoms with E-state index in [-0.39, 0.29) is 10.8 Å². The summed E-state index contributed by atoms with van der Waals surface area (Å²) in [5.41, 5.74) is 20.6. The topological polar surface area (TPSA) is 6.48 Å². The summed E-state index contributed by atoms with van der Waals surface area (Å²) in [5, 5.41) is 0. The molecule has 0 unspecified atom stereocenters. The summed E-state index contributed by atoms with van der Waals surface area (Å²) >= 11 is 0. The van der Waals surface area contributed by atoms with Crippen LogP contribution >= 0.6 is 0 Å². The second kappa shape index (κ2) is 16.1. The lowest BCUT2D eigenvalue weighted by Gasteiger charge is -2.47. The van der Waals surface area contributed by atoms with Gasteiger partial charge in [-0.25, -0.2) is 0 Å². The van der Waals surface area contributed by atoms with Crippen molar-refractivity contribution in [1.82, 2.24) is 0 Å². The molecule has 1 aliphatic carbocycles. The highest BCUT2D eigenvalue weighted by Crippen LogP contribution is 2.57. The van der Waals surface area contributed by atoms with Crippen LogP contribution in [0.2, 0.25) is 0 Å². The van der Waals surface area contributed by atoms with Gasteiger partial charge in [-0.2, -0.15) is 0 Å². The van der Waals surface area contributed by atoms with E-state index in [1.807, 2.05) is 13.8 Å². The number of fused-ring (bicyclic) bond motifs is 3. The van der Waals surface area contributed by atoms with Crippen molar-refractivity contribution >= 4 is 34.1 Å². The number of nitrogens with zero attached hydrogens (tertiary/aromatic N) is 2. The third-order valence-electron chi connectivity index (χ3n) is 13.2. The molecule has 2 heteroatoms. The van der Waals surface area contributed by atoms with E-state index < -0.39 is 10.8 Å². The molecule has 6 aromatic carbocycles. The van der Waals surface area contributed by atoms with Gasteiger partial charge in [0.05, 0.1) is 11.4 Å². The molecule has 0 atom stereocenters. The second-order valence-electron chi connectivity index (χ2n) is 20.3. The molecule has 0 radical (unpaired) electrons. The first kappa shape index (κ1) is 44.1. The molecular weight excluding hydrogens is 749 g/mol. The molecule has 0 N–H and O–H groups in total. The molecule has 0 aliphatic heterocycles. The van der Waals surface area contributed by atoms with Gasteiger partial charge in [-0.05, 0) is 170 Å². The van der Waals surface area contributed by atoms with Crippen molar-refractivity contribution in [2.75, 3.05) is 9.80 Å². The Balaban J connectivity index is 1.50. The van der Waals surface area contributed by atoms with Crippen LogP contribution < -0.4 is 9.80 Å². The molecule has 316 valence electrons. The van der Waals surface area contributed by atoms with Crippen molar-refractivity contribution in [2.24, 2.45) is 0 Å². The first-order valence-electron chi connectivity index (χ1n) is 22.3. The van der Waals surface area contributed by atoms with Crippen LogP contribution in [0.5, 0.6) is 0 Å². The van der Waals surface area contributed by atoms with Crippen LogP contribution in [-0.2, 0) is 21.7 Å². The lowest BCUT2D eigenvalue weighted by molar-refractivity contribution is 0.401. The van der Waals surface area contributed by atoms with Crippen LogP contribution in [0, 0.1) is 65.2 Å². The van der Waals surface area contributed by atoms with E-state index in [1.165, 1.54) is 72.6 Å². The van der Waals surface area contributed by atoms with Crippen LogP contribution in [0.1, 0.15) is 125 Å². The average Bonchev–Trinajstić information content (AvgIpc) is 3.20. The summed E-state index contributed by atoms with van der Waals surface area (Å²) in [4.78, 5) is 4.90. The maximum atomic E-state index is 3.79. The predicted octanol–water partition coefficient (Wildman–Crippen LogP) is 16.3. The zero-order valence-corrected chi connectivity index (χ0v) is 40.3. The van der Waals surface area contributed by atoms with Gasteiger partial charge >= 0.3 is 0 Å². The molecule has 0 bridgehead atoms. The minimum absolute atomic E-state index is 0.0380. The fourth-order valence-corrected chi connectivity index (χ4v) is 9.72. The van der Waals surface area contributed by atoms with Gasteiger partial charge in [0.1, 0.15) is 5.41 Å². The Kier molecular flexibility index (Phi) is 11.4. The number of aryl methyl sites for hydroxylation is 6. The molecule has 2 nitrogen and oxygen atoms in total. The van der Waals surface area contributed by atoms with Gasteiger partial charge in [0, 0.05) is 28.2 Å². The van der Waals surface area contributed by atoms with Crippen LogP contribution in [0.15, 0.2) is 109 Å². The minimum Gasteiger partial charge on any atom is -0.310 e. The standard InChI is InChI=1S/C60H66N2/c1-17-31-60(32-18-2)54-38-50(62(48-25-21-40(4)22-26-48)56-43(7)35-46(36-44(56)8)58(12,13)14)28-30-52(54)51-29-27-49(37-53(51)59(60,15)16)61(47-23-19-39(3)20-24-47)55-41(5)33-45(34-42(55)6)57(9,10)11/h19-30,33-38H,1-16H3. The smallest absolute Gasteiger partial charge is 0.126 e. The molecule has 0 amide bonds. The fourth-order valence-electron chi connectivity index (χ4n) is 9.72. The van der Waals surface area contributed by atoms with Crippen LogP contribution in [0.25, 0.3) is 11.1 Å². The molecule has 7 rings (SSSR count). The highest BCUT2D eigenvalue weighted by atomic mass is 15.2. The number of rotatable bonds is 6. The first-order valence-corrected chi connectivity index (χ1v) is 22.3. The highest BCUT2D eigenvalue weighted by molar-refractivity contribution is 5.89. The van der Waals surface area contributed by atoms with Gasteiger partial charge in [0.2, 0.25) is 0 Å². The molecule has 0 heterocycles. The molecule has 0 spiro atoms. The van der Waals surface area contributed by atoms with Crippen molar-refractivity contribution in [1.29, 1.82) is 0 Å². The largest absolute Gasteiger partial charge is 0.310 e. The number of benzene rings is 6. The zero-order valence-electron chi connectivity index (χ0n) is 40.3. The quantitative estimate of drug-likeness (QED) is 0.155. The van der Waals surface area contributed by atoms with Crippen molar-refractivity contribution < 1.29 is 0 Å². The van der Waals surface area contributed by atoms with Crippen LogP contribution in [0.3, 0.4) is 0 Å². The summed E-state index contributed by atoms with van der Waals surface area (Å²) < 4.78 is 0. The Morgan fingerprint density at radius 1 is 0.419 bits per heavy atom. The van der Waals surface area contributed by atoms with E-state index in [2.05, 4.69) is 240 Å². The van der Waals surface area contributed by atoms with E-state index in [4.69, 9.17) is 0 Å². The van der Waals surface area contributed by atoms with Gasteiger partial charge in [-0.1, -0.05) is 139 Å². The molecule has 0 saturated carbocycles. The van der Waals surface area contributed by atoms with Crippen molar-refractivity contribution in [2.45, 2.75) is 132 Å². The van der Waals surface area contributed by atoms with E-state index >= 15 is 0 Å². The van der Waals surface area contributed by atoms with E-state index in [0.29, 0.717) is 0 Å². The third kappa shape index (κ3) is 7.64. The molecule has 0 saturated heterocycles. The van der Waals surface area contributed by atoms with E-state index in [0.717, 1.165) is 28.3 Å². The minimum atomic E-state index is -0.804. The van der Waals surface area contributed by atoms with Crippen LogP contribution in [-0.4, -0.2) is 0 Å². The Hall–Kier alpha value is -5.96. The van der Waals surface area contributed by atoms with Gasteiger partial charge in [0.25, 0.3) is 0 Å². The summed E-state index contributed by atoms with van der Waals surface area (Å²) in [6.07, 6.45) is 0. The Labute approximate surface area is 374 Å². The SMILES string of the molecule is CC#CC1(C#CC)c2cc(N(c3ccc(C)cc3)c3c(C)cc(C(C)(C)C)cc3C)ccc2-c2ccc(N(c3ccc(C)cc3)c3c(C)cc(C(C)(C)C)cc3C)cc2C1(C)C. The molecule has 6 aromatic rings. The monoisotopic (exact) mass is 815 g/mol. The zero-order chi connectivity index (χ0) is 45.1. The van der Waals surface area contributed by atoms with Gasteiger partial charge in [0.15, 0.2) is 0 Å². The number of hydrogen-bond donors (Lipinski definition) is 0. The molecule has 1 aliphatic rings. The molecular formula is C60H66N2. The van der Waals surface area contributed by atoms with Gasteiger partial charge in [-0.15, -0.1) is 11.8 Å². The lowest BCUT2D eigenvalue weighted by Crippen LogP contribution is -2.46. The van der Waals surface area contributed by atoms with Crippen LogP contribution in [0.4, 0.5) is 34.1 Å². The lowest BCUT2D eigenvalue weighted by atomic mass is 9.54. The number of anilines is 6. The fraction of sp³-hybridized carbons (Fsp3) is 0.333. The van der Waals surface area contributed by atoms with Gasteiger partial charge in [-0.3, -0.25) is 0 Å². The van der Waals surface area contributed by atoms with Crippen molar-refractivity contribution in [3.8, 4) is 34.8 Å². The Morgan fingerprint density at radius 3 is 1.08 bits per heavy atom. The summed E-state index contributed by atoms with van der Waals surface area (Å²) in [5.74, 6) is 14.4.